The second-order valence-corrected chi connectivity index (χ2v) is 14.2. The van der Waals surface area contributed by atoms with Gasteiger partial charge in [-0.05, 0) is 39.5 Å². The van der Waals surface area contributed by atoms with Gasteiger partial charge in [0.2, 0.25) is 5.91 Å². The molecule has 2 fully saturated rings. The van der Waals surface area contributed by atoms with Crippen LogP contribution < -0.4 is 16.0 Å². The van der Waals surface area contributed by atoms with E-state index < -0.39 is 29.3 Å². The first kappa shape index (κ1) is 37.3. The topological polar surface area (TPSA) is 126 Å². The van der Waals surface area contributed by atoms with Crippen LogP contribution in [0.4, 0.5) is 4.79 Å². The third-order valence-corrected chi connectivity index (χ3v) is 9.16. The average Bonchev–Trinajstić information content (AvgIpc) is 3.38. The van der Waals surface area contributed by atoms with Crippen LogP contribution in [0, 0.1) is 11.3 Å². The quantitative estimate of drug-likeness (QED) is 0.109. The van der Waals surface area contributed by atoms with E-state index in [0.717, 1.165) is 57.8 Å². The highest BCUT2D eigenvalue weighted by atomic mass is 16.7. The Balaban J connectivity index is 1.97. The van der Waals surface area contributed by atoms with Gasteiger partial charge in [0, 0.05) is 29.5 Å². The van der Waals surface area contributed by atoms with E-state index >= 15 is 0 Å². The zero-order chi connectivity index (χ0) is 31.9. The first-order valence-electron chi connectivity index (χ1n) is 17.3. The maximum absolute atomic E-state index is 13.5. The van der Waals surface area contributed by atoms with E-state index in [1.54, 1.807) is 13.8 Å². The van der Waals surface area contributed by atoms with Gasteiger partial charge >= 0.3 is 12.0 Å². The average molecular weight is 610 g/mol. The molecule has 1 saturated carbocycles. The van der Waals surface area contributed by atoms with Crippen molar-refractivity contribution in [2.45, 2.75) is 181 Å². The molecule has 9 heteroatoms. The molecule has 2 aliphatic rings. The van der Waals surface area contributed by atoms with E-state index in [4.69, 9.17) is 9.47 Å². The van der Waals surface area contributed by atoms with E-state index in [2.05, 4.69) is 29.8 Å². The van der Waals surface area contributed by atoms with Crippen LogP contribution in [0.1, 0.15) is 151 Å². The smallest absolute Gasteiger partial charge is 0.315 e. The van der Waals surface area contributed by atoms with Crippen molar-refractivity contribution in [3.63, 3.8) is 0 Å². The summed E-state index contributed by atoms with van der Waals surface area (Å²) in [6.07, 6.45) is 16.8. The van der Waals surface area contributed by atoms with Crippen molar-refractivity contribution in [1.29, 1.82) is 0 Å². The summed E-state index contributed by atoms with van der Waals surface area (Å²) in [6, 6.07) is -0.865. The minimum absolute atomic E-state index is 0.136. The summed E-state index contributed by atoms with van der Waals surface area (Å²) in [4.78, 5) is 38.6. The Bertz CT molecular complexity index is 848. The third-order valence-electron chi connectivity index (χ3n) is 9.16. The van der Waals surface area contributed by atoms with E-state index in [0.29, 0.717) is 6.61 Å². The number of nitrogens with one attached hydrogen (secondary N) is 3. The predicted molar refractivity (Wildman–Crippen MR) is 171 cm³/mol. The van der Waals surface area contributed by atoms with Crippen molar-refractivity contribution < 1.29 is 29.0 Å². The molecule has 1 heterocycles. The Hall–Kier alpha value is -1.87. The van der Waals surface area contributed by atoms with E-state index in [9.17, 15) is 19.5 Å². The van der Waals surface area contributed by atoms with E-state index in [1.165, 1.54) is 44.9 Å². The Morgan fingerprint density at radius 1 is 0.837 bits per heavy atom. The largest absolute Gasteiger partial charge is 0.481 e. The first-order valence-corrected chi connectivity index (χ1v) is 17.3. The lowest BCUT2D eigenvalue weighted by atomic mass is 9.84. The molecule has 5 unspecified atom stereocenters. The monoisotopic (exact) mass is 609 g/mol. The molecule has 1 aliphatic carbocycles. The molecule has 0 aromatic carbocycles. The molecule has 0 bridgehead atoms. The maximum Gasteiger partial charge on any atom is 0.315 e. The Morgan fingerprint density at radius 3 is 2.05 bits per heavy atom. The van der Waals surface area contributed by atoms with Crippen molar-refractivity contribution in [2.75, 3.05) is 6.61 Å². The summed E-state index contributed by atoms with van der Waals surface area (Å²) in [5.74, 6) is -2.39. The number of carboxylic acid groups (broad SMARTS) is 1. The number of rotatable bonds is 20. The van der Waals surface area contributed by atoms with Gasteiger partial charge in [-0.25, -0.2) is 4.79 Å². The number of ether oxygens (including phenoxy) is 2. The van der Waals surface area contributed by atoms with Crippen LogP contribution in [0.3, 0.4) is 0 Å². The number of carbonyl (C=O) groups is 3. The molecule has 1 saturated heterocycles. The number of hydrogen-bond donors (Lipinski definition) is 4. The Morgan fingerprint density at radius 2 is 1.42 bits per heavy atom. The summed E-state index contributed by atoms with van der Waals surface area (Å²) in [6.45, 7) is 12.2. The van der Waals surface area contributed by atoms with Crippen LogP contribution in [0.2, 0.25) is 0 Å². The lowest BCUT2D eigenvalue weighted by Gasteiger charge is -2.45. The summed E-state index contributed by atoms with van der Waals surface area (Å²) in [5.41, 5.74) is -0.567. The molecule has 5 atom stereocenters. The van der Waals surface area contributed by atoms with Crippen molar-refractivity contribution in [1.82, 2.24) is 16.0 Å². The highest BCUT2D eigenvalue weighted by Gasteiger charge is 2.47. The molecule has 4 N–H and O–H groups in total. The fraction of sp³-hybridized carbons (Fsp3) is 0.912. The van der Waals surface area contributed by atoms with Gasteiger partial charge in [-0.2, -0.15) is 0 Å². The molecular weight excluding hydrogens is 546 g/mol. The van der Waals surface area contributed by atoms with Crippen molar-refractivity contribution in [2.24, 2.45) is 11.3 Å². The molecule has 0 aromatic rings. The SMILES string of the molecule is CCCCCCCCCCC(CCCCC)NC(=O)NC1CCCC1C(CC(=O)O)NC(=O)C1OC(C)(C)OCC1(C)C. The zero-order valence-electron chi connectivity index (χ0n) is 28.1. The number of carboxylic acids is 1. The van der Waals surface area contributed by atoms with Gasteiger partial charge in [0.05, 0.1) is 13.0 Å². The van der Waals surface area contributed by atoms with Gasteiger partial charge in [-0.15, -0.1) is 0 Å². The summed E-state index contributed by atoms with van der Waals surface area (Å²) >= 11 is 0. The Labute approximate surface area is 261 Å². The highest BCUT2D eigenvalue weighted by molar-refractivity contribution is 5.83. The van der Waals surface area contributed by atoms with Crippen LogP contribution in [-0.4, -0.2) is 59.6 Å². The third kappa shape index (κ3) is 13.8. The first-order chi connectivity index (χ1) is 20.4. The molecule has 43 heavy (non-hydrogen) atoms. The van der Waals surface area contributed by atoms with Gasteiger partial charge in [0.1, 0.15) is 6.10 Å². The van der Waals surface area contributed by atoms with Crippen molar-refractivity contribution >= 4 is 17.9 Å². The molecular formula is C34H63N3O6. The minimum Gasteiger partial charge on any atom is -0.481 e. The fourth-order valence-corrected chi connectivity index (χ4v) is 6.58. The Kier molecular flexibility index (Phi) is 16.3. The van der Waals surface area contributed by atoms with Crippen LogP contribution in [0.25, 0.3) is 0 Å². The van der Waals surface area contributed by atoms with E-state index in [1.807, 2.05) is 13.8 Å². The standard InChI is InChI=1S/C34H63N3O6/c1-7-9-11-12-13-14-15-17-20-25(19-16-10-8-2)35-32(41)37-27-22-18-21-26(27)28(23-29(38)39)36-31(40)30-33(3,4)24-42-34(5,6)43-30/h25-28,30H,7-24H2,1-6H3,(H,36,40)(H,38,39)(H2,35,37,41). The summed E-state index contributed by atoms with van der Waals surface area (Å²) in [5, 5.41) is 19.1. The molecule has 0 aromatic heterocycles. The number of amides is 3. The van der Waals surface area contributed by atoms with Crippen LogP contribution >= 0.6 is 0 Å². The van der Waals surface area contributed by atoms with E-state index in [-0.39, 0.29) is 36.4 Å². The van der Waals surface area contributed by atoms with Crippen molar-refractivity contribution in [3.8, 4) is 0 Å². The molecule has 3 amide bonds. The van der Waals surface area contributed by atoms with Crippen LogP contribution in [0.15, 0.2) is 0 Å². The summed E-state index contributed by atoms with van der Waals surface area (Å²) in [7, 11) is 0. The number of urea groups is 1. The lowest BCUT2D eigenvalue weighted by molar-refractivity contribution is -0.304. The molecule has 9 nitrogen and oxygen atoms in total. The second kappa shape index (κ2) is 18.8. The molecule has 0 radical (unpaired) electrons. The minimum atomic E-state index is -0.978. The molecule has 0 spiro atoms. The highest BCUT2D eigenvalue weighted by Crippen LogP contribution is 2.36. The van der Waals surface area contributed by atoms with Gasteiger partial charge < -0.3 is 30.5 Å². The number of hydrogen-bond acceptors (Lipinski definition) is 5. The predicted octanol–water partition coefficient (Wildman–Crippen LogP) is 7.07. The number of carbonyl (C=O) groups excluding carboxylic acids is 2. The molecule has 1 aliphatic heterocycles. The maximum atomic E-state index is 13.5. The molecule has 2 rings (SSSR count). The number of unbranched alkanes of at least 4 members (excludes halogenated alkanes) is 9. The fourth-order valence-electron chi connectivity index (χ4n) is 6.58. The molecule has 250 valence electrons. The van der Waals surface area contributed by atoms with Gasteiger partial charge in [-0.3, -0.25) is 9.59 Å². The lowest BCUT2D eigenvalue weighted by Crippen LogP contribution is -2.59. The van der Waals surface area contributed by atoms with Gasteiger partial charge in [-0.1, -0.05) is 105 Å². The van der Waals surface area contributed by atoms with Crippen LogP contribution in [-0.2, 0) is 19.1 Å². The summed E-state index contributed by atoms with van der Waals surface area (Å²) < 4.78 is 11.8. The zero-order valence-corrected chi connectivity index (χ0v) is 28.1. The van der Waals surface area contributed by atoms with Gasteiger partial charge in [0.25, 0.3) is 0 Å². The second-order valence-electron chi connectivity index (χ2n) is 14.2. The number of aliphatic carboxylic acids is 1. The van der Waals surface area contributed by atoms with Crippen LogP contribution in [0.5, 0.6) is 0 Å². The van der Waals surface area contributed by atoms with Crippen molar-refractivity contribution in [3.05, 3.63) is 0 Å². The van der Waals surface area contributed by atoms with Gasteiger partial charge in [0.15, 0.2) is 5.79 Å². The normalized spacial score (nSPS) is 24.2.